The number of fused-ring (bicyclic) bond motifs is 1. The molecule has 0 unspecified atom stereocenters. The molecule has 5 rings (SSSR count). The first-order chi connectivity index (χ1) is 22.6. The summed E-state index contributed by atoms with van der Waals surface area (Å²) in [5, 5.41) is 13.1. The van der Waals surface area contributed by atoms with Crippen molar-refractivity contribution in [1.29, 1.82) is 0 Å². The van der Waals surface area contributed by atoms with Crippen molar-refractivity contribution < 1.29 is 33.6 Å². The number of phenols is 1. The number of methoxy groups -OCH3 is 1. The molecule has 244 valence electrons. The molecule has 47 heavy (non-hydrogen) atoms. The molecule has 1 atom stereocenters. The van der Waals surface area contributed by atoms with Crippen LogP contribution in [0.3, 0.4) is 0 Å². The standard InChI is InChI=1S/C34H32ClN3O8S/c1-5-44-25-14-20(12-13-24(25)46-18-28(39)37-22-10-8-7-9-11-22)15-27-32(41)38-30(21-16-23(35)31(40)26(17-21)43-4)29(33(42)45-6-2)19(3)36-34(38)47-27/h7-17,30,40H,5-6,18H2,1-4H3,(H,37,39)/b27-15-/t30-/m0/s1. The number of thiazole rings is 1. The van der Waals surface area contributed by atoms with Gasteiger partial charge >= 0.3 is 5.97 Å². The predicted molar refractivity (Wildman–Crippen MR) is 178 cm³/mol. The molecule has 0 spiro atoms. The molecule has 2 N–H and O–H groups in total. The number of hydrogen-bond acceptors (Lipinski definition) is 10. The number of phenolic OH excluding ortho intramolecular Hbond substituents is 1. The molecule has 2 heterocycles. The van der Waals surface area contributed by atoms with Crippen LogP contribution in [0.15, 0.2) is 81.7 Å². The van der Waals surface area contributed by atoms with E-state index in [0.29, 0.717) is 50.0 Å². The number of rotatable bonds is 11. The van der Waals surface area contributed by atoms with Crippen molar-refractivity contribution >= 4 is 46.6 Å². The number of allylic oxidation sites excluding steroid dienone is 1. The largest absolute Gasteiger partial charge is 0.503 e. The number of benzene rings is 3. The third-order valence-corrected chi connectivity index (χ3v) is 8.36. The average Bonchev–Trinajstić information content (AvgIpc) is 3.35. The smallest absolute Gasteiger partial charge is 0.338 e. The number of carbonyl (C=O) groups is 2. The summed E-state index contributed by atoms with van der Waals surface area (Å²) in [6, 6.07) is 16.2. The minimum Gasteiger partial charge on any atom is -0.503 e. The molecule has 0 bridgehead atoms. The van der Waals surface area contributed by atoms with Crippen LogP contribution in [0.5, 0.6) is 23.0 Å². The van der Waals surface area contributed by atoms with Gasteiger partial charge in [-0.25, -0.2) is 9.79 Å². The number of hydrogen-bond donors (Lipinski definition) is 2. The molecular weight excluding hydrogens is 646 g/mol. The quantitative estimate of drug-likeness (QED) is 0.220. The van der Waals surface area contributed by atoms with Gasteiger partial charge < -0.3 is 29.4 Å². The highest BCUT2D eigenvalue weighted by Gasteiger charge is 2.34. The highest BCUT2D eigenvalue weighted by molar-refractivity contribution is 7.07. The minimum absolute atomic E-state index is 0.0114. The molecule has 11 nitrogen and oxygen atoms in total. The van der Waals surface area contributed by atoms with Crippen molar-refractivity contribution in [3.63, 3.8) is 0 Å². The fraction of sp³-hybridized carbons (Fsp3) is 0.235. The van der Waals surface area contributed by atoms with Gasteiger partial charge in [0.1, 0.15) is 0 Å². The third-order valence-electron chi connectivity index (χ3n) is 7.09. The van der Waals surface area contributed by atoms with Crippen LogP contribution < -0.4 is 34.4 Å². The normalized spacial score (nSPS) is 14.2. The van der Waals surface area contributed by atoms with E-state index in [4.69, 9.17) is 30.5 Å². The molecule has 1 aliphatic rings. The van der Waals surface area contributed by atoms with Crippen LogP contribution in [0.25, 0.3) is 6.08 Å². The lowest BCUT2D eigenvalue weighted by molar-refractivity contribution is -0.139. The SMILES string of the molecule is CCOC(=O)C1=C(C)N=c2s/c(=C\c3ccc(OCC(=O)Nc4ccccc4)c(OCC)c3)c(=O)n2[C@H]1c1cc(Cl)c(O)c(OC)c1. The van der Waals surface area contributed by atoms with Crippen molar-refractivity contribution in [2.24, 2.45) is 4.99 Å². The summed E-state index contributed by atoms with van der Waals surface area (Å²) >= 11 is 7.47. The van der Waals surface area contributed by atoms with Gasteiger partial charge in [0.15, 0.2) is 34.4 Å². The topological polar surface area (TPSA) is 138 Å². The number of aromatic hydroxyl groups is 1. The van der Waals surface area contributed by atoms with Gasteiger partial charge in [-0.2, -0.15) is 0 Å². The van der Waals surface area contributed by atoms with Crippen LogP contribution in [0.4, 0.5) is 5.69 Å². The lowest BCUT2D eigenvalue weighted by atomic mass is 9.95. The summed E-state index contributed by atoms with van der Waals surface area (Å²) in [5.41, 5.74) is 1.83. The van der Waals surface area contributed by atoms with Crippen molar-refractivity contribution in [2.45, 2.75) is 26.8 Å². The number of nitrogens with one attached hydrogen (secondary N) is 1. The van der Waals surface area contributed by atoms with Gasteiger partial charge in [-0.05, 0) is 74.4 Å². The summed E-state index contributed by atoms with van der Waals surface area (Å²) in [6.45, 7) is 5.40. The second-order valence-electron chi connectivity index (χ2n) is 10.2. The lowest BCUT2D eigenvalue weighted by Crippen LogP contribution is -2.40. The first kappa shape index (κ1) is 33.3. The van der Waals surface area contributed by atoms with Crippen molar-refractivity contribution in [2.75, 3.05) is 32.2 Å². The summed E-state index contributed by atoms with van der Waals surface area (Å²) in [5.74, 6) is -0.393. The van der Waals surface area contributed by atoms with Crippen LogP contribution >= 0.6 is 22.9 Å². The molecule has 13 heteroatoms. The lowest BCUT2D eigenvalue weighted by Gasteiger charge is -2.25. The molecule has 1 amide bonds. The average molecular weight is 678 g/mol. The third kappa shape index (κ3) is 7.18. The van der Waals surface area contributed by atoms with Crippen LogP contribution in [0.1, 0.15) is 37.9 Å². The fourth-order valence-electron chi connectivity index (χ4n) is 5.03. The molecule has 1 aliphatic heterocycles. The van der Waals surface area contributed by atoms with Crippen molar-refractivity contribution in [3.05, 3.63) is 108 Å². The maximum absolute atomic E-state index is 14.0. The maximum Gasteiger partial charge on any atom is 0.338 e. The number of amides is 1. The van der Waals surface area contributed by atoms with E-state index in [9.17, 15) is 19.5 Å². The van der Waals surface area contributed by atoms with E-state index in [1.165, 1.54) is 23.8 Å². The first-order valence-electron chi connectivity index (χ1n) is 14.7. The molecule has 4 aromatic rings. The predicted octanol–water partition coefficient (Wildman–Crippen LogP) is 4.58. The number of nitrogens with zero attached hydrogens (tertiary/aromatic N) is 2. The Morgan fingerprint density at radius 2 is 1.81 bits per heavy atom. The number of carbonyl (C=O) groups excluding carboxylic acids is 2. The molecule has 0 saturated carbocycles. The highest BCUT2D eigenvalue weighted by Crippen LogP contribution is 2.40. The maximum atomic E-state index is 14.0. The second kappa shape index (κ2) is 14.6. The minimum atomic E-state index is -0.962. The Labute approximate surface area is 279 Å². The van der Waals surface area contributed by atoms with E-state index in [2.05, 4.69) is 10.3 Å². The number of ether oxygens (including phenoxy) is 4. The Hall–Kier alpha value is -5.07. The van der Waals surface area contributed by atoms with Gasteiger partial charge in [-0.3, -0.25) is 14.2 Å². The van der Waals surface area contributed by atoms with Gasteiger partial charge in [-0.15, -0.1) is 0 Å². The van der Waals surface area contributed by atoms with Gasteiger partial charge in [0, 0.05) is 5.69 Å². The molecule has 0 fully saturated rings. The van der Waals surface area contributed by atoms with Crippen molar-refractivity contribution in [1.82, 2.24) is 4.57 Å². The molecule has 0 saturated heterocycles. The zero-order valence-electron chi connectivity index (χ0n) is 26.0. The monoisotopic (exact) mass is 677 g/mol. The highest BCUT2D eigenvalue weighted by atomic mass is 35.5. The number of para-hydroxylation sites is 1. The van der Waals surface area contributed by atoms with E-state index in [0.717, 1.165) is 11.3 Å². The number of halogens is 1. The van der Waals surface area contributed by atoms with Crippen molar-refractivity contribution in [3.8, 4) is 23.0 Å². The van der Waals surface area contributed by atoms with E-state index in [1.807, 2.05) is 25.1 Å². The number of esters is 1. The van der Waals surface area contributed by atoms with Gasteiger partial charge in [0.25, 0.3) is 11.5 Å². The summed E-state index contributed by atoms with van der Waals surface area (Å²) < 4.78 is 23.9. The van der Waals surface area contributed by atoms with E-state index in [1.54, 1.807) is 50.3 Å². The number of anilines is 1. The zero-order chi connectivity index (χ0) is 33.7. The van der Waals surface area contributed by atoms with E-state index in [-0.39, 0.29) is 41.2 Å². The van der Waals surface area contributed by atoms with Gasteiger partial charge in [-0.1, -0.05) is 47.2 Å². The van der Waals surface area contributed by atoms with Gasteiger partial charge in [0.05, 0.1) is 47.2 Å². The Bertz CT molecular complexity index is 2040. The van der Waals surface area contributed by atoms with Crippen LogP contribution in [-0.2, 0) is 14.3 Å². The molecular formula is C34H32ClN3O8S. The molecule has 3 aromatic carbocycles. The Balaban J connectivity index is 1.53. The van der Waals surface area contributed by atoms with E-state index >= 15 is 0 Å². The summed E-state index contributed by atoms with van der Waals surface area (Å²) in [7, 11) is 1.38. The van der Waals surface area contributed by atoms with Crippen LogP contribution in [0, 0.1) is 0 Å². The fourth-order valence-corrected chi connectivity index (χ4v) is 6.30. The number of aromatic nitrogens is 1. The molecule has 1 aromatic heterocycles. The summed E-state index contributed by atoms with van der Waals surface area (Å²) in [4.78, 5) is 44.6. The first-order valence-corrected chi connectivity index (χ1v) is 15.8. The van der Waals surface area contributed by atoms with E-state index < -0.39 is 17.6 Å². The van der Waals surface area contributed by atoms with Gasteiger partial charge in [0.2, 0.25) is 0 Å². The second-order valence-corrected chi connectivity index (χ2v) is 11.6. The summed E-state index contributed by atoms with van der Waals surface area (Å²) in [6.07, 6.45) is 1.68. The van der Waals surface area contributed by atoms with Crippen LogP contribution in [0.2, 0.25) is 5.02 Å². The Morgan fingerprint density at radius 3 is 2.51 bits per heavy atom. The Morgan fingerprint density at radius 1 is 1.04 bits per heavy atom. The Kier molecular flexibility index (Phi) is 10.3. The van der Waals surface area contributed by atoms with Crippen LogP contribution in [-0.4, -0.2) is 48.5 Å². The molecule has 0 aliphatic carbocycles. The molecule has 0 radical (unpaired) electrons. The zero-order valence-corrected chi connectivity index (χ0v) is 27.6.